The van der Waals surface area contributed by atoms with Crippen molar-refractivity contribution in [3.05, 3.63) is 95.7 Å². The summed E-state index contributed by atoms with van der Waals surface area (Å²) >= 11 is 0. The van der Waals surface area contributed by atoms with Gasteiger partial charge in [0.05, 0.1) is 6.33 Å². The molecular weight excluding hydrogens is 849 g/mol. The first-order chi connectivity index (χ1) is 32.7. The van der Waals surface area contributed by atoms with Crippen LogP contribution >= 0.6 is 0 Å². The van der Waals surface area contributed by atoms with Crippen LogP contribution in [0.1, 0.15) is 106 Å². The number of nitrogens with one attached hydrogen (secondary N) is 7. The van der Waals surface area contributed by atoms with E-state index in [0.29, 0.717) is 71.0 Å². The van der Waals surface area contributed by atoms with Crippen LogP contribution in [0, 0.1) is 5.92 Å². The Morgan fingerprint density at radius 1 is 0.746 bits per heavy atom. The highest BCUT2D eigenvalue weighted by Crippen LogP contribution is 2.42. The minimum Gasteiger partial charge on any atom is -0.361 e. The van der Waals surface area contributed by atoms with Crippen LogP contribution in [-0.4, -0.2) is 115 Å². The van der Waals surface area contributed by atoms with Crippen molar-refractivity contribution in [2.45, 2.75) is 145 Å². The molecule has 3 aliphatic carbocycles. The molecule has 1 spiro atoms. The minimum absolute atomic E-state index is 0.0978. The third-order valence-electron chi connectivity index (χ3n) is 15.5. The summed E-state index contributed by atoms with van der Waals surface area (Å²) in [6.45, 7) is 1.12. The number of nitrogens with zero attached hydrogens (tertiary/aromatic N) is 3. The molecule has 4 aromatic rings. The number of aromatic nitrogens is 3. The van der Waals surface area contributed by atoms with Gasteiger partial charge in [0.1, 0.15) is 35.7 Å². The second kappa shape index (κ2) is 19.1. The maximum atomic E-state index is 15.2. The minimum atomic E-state index is -1.37. The Bertz CT molecular complexity index is 2550. The number of aromatic amines is 2. The maximum absolute atomic E-state index is 15.2. The molecule has 5 fully saturated rings. The van der Waals surface area contributed by atoms with E-state index in [9.17, 15) is 14.4 Å². The lowest BCUT2D eigenvalue weighted by molar-refractivity contribution is -0.150. The molecule has 16 heteroatoms. The number of rotatable bonds is 9. The van der Waals surface area contributed by atoms with Gasteiger partial charge in [-0.2, -0.15) is 0 Å². The van der Waals surface area contributed by atoms with E-state index < -0.39 is 59.4 Å². The van der Waals surface area contributed by atoms with E-state index >= 15 is 14.4 Å². The van der Waals surface area contributed by atoms with E-state index in [4.69, 9.17) is 0 Å². The molecule has 10 rings (SSSR count). The van der Waals surface area contributed by atoms with E-state index in [1.807, 2.05) is 48.7 Å². The third kappa shape index (κ3) is 8.99. The van der Waals surface area contributed by atoms with Gasteiger partial charge in [0.25, 0.3) is 0 Å². The highest BCUT2D eigenvalue weighted by molar-refractivity contribution is 6.01. The van der Waals surface area contributed by atoms with Crippen LogP contribution in [0.5, 0.6) is 0 Å². The molecule has 7 atom stereocenters. The number of imidazole rings is 1. The Balaban J connectivity index is 1.02. The van der Waals surface area contributed by atoms with E-state index in [1.54, 1.807) is 22.3 Å². The van der Waals surface area contributed by atoms with Crippen LogP contribution in [0.2, 0.25) is 0 Å². The van der Waals surface area contributed by atoms with Crippen LogP contribution in [0.4, 0.5) is 0 Å². The van der Waals surface area contributed by atoms with Crippen molar-refractivity contribution in [1.29, 1.82) is 0 Å². The number of hydrogen-bond acceptors (Lipinski definition) is 8. The third-order valence-corrected chi connectivity index (χ3v) is 15.5. The fraction of sp³-hybridized carbons (Fsp3) is 0.510. The standard InChI is InChI=1S/C51H62N10O6/c62-45-40(25-34-27-54-38-14-5-4-13-37(34)38)58-50(67)51(20-7-8-21-51)59-46(63)41(24-32-18-17-31-10-1-3-12-36(31)32)57-47(64)44-26-33-11-2-6-15-42(33)61(44)49(66)43-16-9-23-60(43)48(65)39(56-45)19-22-52-28-35-29-53-30-55-35/h1,3-5,10,12-14,18,27,29-30,33,39-44,52,54H,2,6-9,11,15-17,19-26,28H2,(H,53,55)(H,56,62)(H,57,64)(H,58,67)(H,59,63)/t33-,39-,40-,41-,42-,43+,44-/m0/s1. The second-order valence-corrected chi connectivity index (χ2v) is 19.6. The molecule has 0 unspecified atom stereocenters. The summed E-state index contributed by atoms with van der Waals surface area (Å²) in [4.78, 5) is 104. The molecule has 2 aromatic carbocycles. The zero-order chi connectivity index (χ0) is 46.1. The summed E-state index contributed by atoms with van der Waals surface area (Å²) in [5.41, 5.74) is 4.24. The van der Waals surface area contributed by atoms with Crippen molar-refractivity contribution in [2.75, 3.05) is 13.1 Å². The zero-order valence-electron chi connectivity index (χ0n) is 38.0. The summed E-state index contributed by atoms with van der Waals surface area (Å²) in [6.07, 6.45) is 15.5. The Hall–Kier alpha value is -6.29. The number of carbonyl (C=O) groups is 6. The van der Waals surface area contributed by atoms with Crippen molar-refractivity contribution < 1.29 is 28.8 Å². The van der Waals surface area contributed by atoms with E-state index in [-0.39, 0.29) is 43.0 Å². The molecule has 67 heavy (non-hydrogen) atoms. The highest BCUT2D eigenvalue weighted by Gasteiger charge is 2.52. The summed E-state index contributed by atoms with van der Waals surface area (Å²) in [5, 5.41) is 16.7. The van der Waals surface area contributed by atoms with Gasteiger partial charge in [-0.1, -0.05) is 74.2 Å². The molecule has 352 valence electrons. The summed E-state index contributed by atoms with van der Waals surface area (Å²) in [6, 6.07) is 10.7. The van der Waals surface area contributed by atoms with Crippen molar-refractivity contribution in [3.63, 3.8) is 0 Å². The average Bonchev–Trinajstić information content (AvgIpc) is 4.21. The Morgan fingerprint density at radius 2 is 1.54 bits per heavy atom. The molecule has 7 N–H and O–H groups in total. The second-order valence-electron chi connectivity index (χ2n) is 19.6. The fourth-order valence-electron chi connectivity index (χ4n) is 12.0. The largest absolute Gasteiger partial charge is 0.361 e. The number of hydrogen-bond donors (Lipinski definition) is 7. The summed E-state index contributed by atoms with van der Waals surface area (Å²) in [5.74, 6) is -2.45. The first-order valence-electron chi connectivity index (χ1n) is 24.5. The van der Waals surface area contributed by atoms with E-state index in [2.05, 4.69) is 53.7 Å². The Labute approximate surface area is 390 Å². The number of benzene rings is 2. The normalized spacial score (nSPS) is 27.9. The van der Waals surface area contributed by atoms with Gasteiger partial charge in [-0.05, 0) is 98.6 Å². The lowest BCUT2D eigenvalue weighted by Gasteiger charge is -2.38. The van der Waals surface area contributed by atoms with Crippen LogP contribution in [0.25, 0.3) is 16.5 Å². The fourth-order valence-corrected chi connectivity index (χ4v) is 12.0. The molecule has 2 saturated carbocycles. The Morgan fingerprint density at radius 3 is 2.39 bits per heavy atom. The number of fused-ring (bicyclic) bond motifs is 6. The van der Waals surface area contributed by atoms with Gasteiger partial charge in [-0.3, -0.25) is 28.8 Å². The molecule has 6 amide bonds. The van der Waals surface area contributed by atoms with Crippen molar-refractivity contribution in [3.8, 4) is 0 Å². The van der Waals surface area contributed by atoms with Crippen LogP contribution in [0.3, 0.4) is 0 Å². The Kier molecular flexibility index (Phi) is 12.7. The quantitative estimate of drug-likeness (QED) is 0.123. The van der Waals surface area contributed by atoms with Gasteiger partial charge in [-0.15, -0.1) is 0 Å². The summed E-state index contributed by atoms with van der Waals surface area (Å²) in [7, 11) is 0. The molecule has 16 nitrogen and oxygen atoms in total. The summed E-state index contributed by atoms with van der Waals surface area (Å²) < 4.78 is 0. The van der Waals surface area contributed by atoms with Crippen LogP contribution in [0.15, 0.2) is 73.3 Å². The smallest absolute Gasteiger partial charge is 0.246 e. The van der Waals surface area contributed by atoms with Crippen LogP contribution in [-0.2, 0) is 48.2 Å². The molecule has 3 saturated heterocycles. The molecule has 0 bridgehead atoms. The highest BCUT2D eigenvalue weighted by atomic mass is 16.2. The zero-order valence-corrected chi connectivity index (χ0v) is 38.0. The number of carbonyl (C=O) groups excluding carboxylic acids is 6. The first kappa shape index (κ1) is 44.5. The molecule has 3 aliphatic heterocycles. The predicted octanol–water partition coefficient (Wildman–Crippen LogP) is 3.69. The van der Waals surface area contributed by atoms with Gasteiger partial charge in [0, 0.05) is 61.0 Å². The van der Waals surface area contributed by atoms with Crippen LogP contribution < -0.4 is 26.6 Å². The molecule has 6 aliphatic rings. The van der Waals surface area contributed by atoms with Crippen molar-refractivity contribution in [1.82, 2.24) is 51.3 Å². The maximum Gasteiger partial charge on any atom is 0.246 e. The molecule has 2 aromatic heterocycles. The number of para-hydroxylation sites is 1. The topological polar surface area (TPSA) is 214 Å². The first-order valence-corrected chi connectivity index (χ1v) is 24.5. The number of allylic oxidation sites excluding steroid dienone is 1. The monoisotopic (exact) mass is 910 g/mol. The molecule has 5 heterocycles. The lowest BCUT2D eigenvalue weighted by atomic mass is 9.84. The number of H-pyrrole nitrogens is 2. The van der Waals surface area contributed by atoms with E-state index in [0.717, 1.165) is 64.5 Å². The molecule has 0 radical (unpaired) electrons. The lowest BCUT2D eigenvalue weighted by Crippen LogP contribution is -2.65. The number of amides is 6. The van der Waals surface area contributed by atoms with Gasteiger partial charge in [0.2, 0.25) is 35.4 Å². The predicted molar refractivity (Wildman–Crippen MR) is 251 cm³/mol. The SMILES string of the molecule is O=C1NC2(CCCC2)C(=O)N[C@@H](Cc2c[nH]c3ccccc23)C(=O)N[C@@H](CCNCc2cnc[nH]2)C(=O)N2CCC[C@@H]2C(=O)N2[C@@H](C[C@@H]3CCCC[C@@H]32)C(=O)N[C@H]1CC1=CCc2ccccc21. The van der Waals surface area contributed by atoms with Crippen molar-refractivity contribution >= 4 is 51.9 Å². The average molecular weight is 911 g/mol. The van der Waals surface area contributed by atoms with Gasteiger partial charge < -0.3 is 46.4 Å². The van der Waals surface area contributed by atoms with Crippen molar-refractivity contribution in [2.24, 2.45) is 5.92 Å². The van der Waals surface area contributed by atoms with E-state index in [1.165, 1.54) is 0 Å². The van der Waals surface area contributed by atoms with Gasteiger partial charge in [0.15, 0.2) is 0 Å². The molecular formula is C51H62N10O6. The van der Waals surface area contributed by atoms with Gasteiger partial charge in [-0.25, -0.2) is 4.98 Å². The van der Waals surface area contributed by atoms with Gasteiger partial charge >= 0.3 is 0 Å².